The minimum atomic E-state index is -0.243. The Morgan fingerprint density at radius 3 is 2.25 bits per heavy atom. The smallest absolute Gasteiger partial charge is 0.322 e. The quantitative estimate of drug-likeness (QED) is 0.665. The second kappa shape index (κ2) is 7.63. The van der Waals surface area contributed by atoms with Crippen molar-refractivity contribution in [2.45, 2.75) is 39.8 Å². The van der Waals surface area contributed by atoms with Crippen LogP contribution in [0.1, 0.15) is 27.7 Å². The lowest BCUT2D eigenvalue weighted by Crippen LogP contribution is -2.49. The highest BCUT2D eigenvalue weighted by atomic mass is 16.5. The third-order valence-corrected chi connectivity index (χ3v) is 2.47. The van der Waals surface area contributed by atoms with Crippen LogP contribution in [0.5, 0.6) is 0 Å². The molecule has 1 N–H and O–H groups in total. The number of ether oxygens (including phenoxy) is 1. The average molecular weight is 230 g/mol. The van der Waals surface area contributed by atoms with Crippen molar-refractivity contribution in [2.24, 2.45) is 5.92 Å². The highest BCUT2D eigenvalue weighted by molar-refractivity contribution is 5.75. The summed E-state index contributed by atoms with van der Waals surface area (Å²) in [6, 6.07) is 0.0571. The van der Waals surface area contributed by atoms with E-state index in [1.165, 1.54) is 0 Å². The molecular formula is C12H26N2O2. The Balaban J connectivity index is 4.22. The second-order valence-electron chi connectivity index (χ2n) is 4.75. The number of carbonyl (C=O) groups excluding carboxylic acids is 1. The average Bonchev–Trinajstić information content (AvgIpc) is 2.16. The number of hydrogen-bond acceptors (Lipinski definition) is 4. The molecule has 0 aliphatic rings. The molecule has 0 saturated carbocycles. The van der Waals surface area contributed by atoms with E-state index in [4.69, 9.17) is 4.74 Å². The fraction of sp³-hybridized carbons (Fsp3) is 0.917. The number of likely N-dealkylation sites (N-methyl/N-ethyl adjacent to an activating group) is 1. The van der Waals surface area contributed by atoms with Gasteiger partial charge in [0.15, 0.2) is 0 Å². The molecule has 0 bridgehead atoms. The highest BCUT2D eigenvalue weighted by Gasteiger charge is 2.21. The summed E-state index contributed by atoms with van der Waals surface area (Å²) in [4.78, 5) is 13.6. The van der Waals surface area contributed by atoms with Crippen LogP contribution in [0, 0.1) is 5.92 Å². The van der Waals surface area contributed by atoms with Gasteiger partial charge < -0.3 is 15.0 Å². The van der Waals surface area contributed by atoms with Crippen molar-refractivity contribution in [1.29, 1.82) is 0 Å². The summed E-state index contributed by atoms with van der Waals surface area (Å²) in [5.41, 5.74) is 0. The fourth-order valence-corrected chi connectivity index (χ4v) is 1.51. The van der Waals surface area contributed by atoms with E-state index in [2.05, 4.69) is 24.1 Å². The maximum atomic E-state index is 11.5. The molecule has 0 amide bonds. The predicted octanol–water partition coefficient (Wildman–Crippen LogP) is 1.11. The molecule has 0 fully saturated rings. The Kier molecular flexibility index (Phi) is 7.34. The first kappa shape index (κ1) is 15.4. The molecule has 0 rings (SSSR count). The maximum Gasteiger partial charge on any atom is 0.322 e. The normalized spacial score (nSPS) is 15.2. The molecule has 0 aliphatic heterocycles. The third kappa shape index (κ3) is 6.08. The van der Waals surface area contributed by atoms with Gasteiger partial charge in [0.2, 0.25) is 0 Å². The third-order valence-electron chi connectivity index (χ3n) is 2.47. The molecular weight excluding hydrogens is 204 g/mol. The highest BCUT2D eigenvalue weighted by Crippen LogP contribution is 2.04. The molecule has 0 aromatic carbocycles. The van der Waals surface area contributed by atoms with E-state index >= 15 is 0 Å². The standard InChI is InChI=1S/C12H26N2O2/c1-7-16-12(15)10(4)13-11(9(2)3)8-14(5)6/h9-11,13H,7-8H2,1-6H3. The van der Waals surface area contributed by atoms with E-state index in [-0.39, 0.29) is 12.0 Å². The van der Waals surface area contributed by atoms with E-state index < -0.39 is 0 Å². The van der Waals surface area contributed by atoms with Crippen LogP contribution in [-0.2, 0) is 9.53 Å². The summed E-state index contributed by atoms with van der Waals surface area (Å²) in [5.74, 6) is 0.311. The topological polar surface area (TPSA) is 41.6 Å². The lowest BCUT2D eigenvalue weighted by atomic mass is 10.0. The monoisotopic (exact) mass is 230 g/mol. The fourth-order valence-electron chi connectivity index (χ4n) is 1.51. The summed E-state index contributed by atoms with van der Waals surface area (Å²) < 4.78 is 4.97. The van der Waals surface area contributed by atoms with Crippen LogP contribution in [0.4, 0.5) is 0 Å². The van der Waals surface area contributed by atoms with Crippen molar-refractivity contribution in [3.63, 3.8) is 0 Å². The van der Waals surface area contributed by atoms with Gasteiger partial charge in [0.1, 0.15) is 6.04 Å². The molecule has 4 nitrogen and oxygen atoms in total. The lowest BCUT2D eigenvalue weighted by Gasteiger charge is -2.28. The van der Waals surface area contributed by atoms with Crippen molar-refractivity contribution in [3.8, 4) is 0 Å². The zero-order valence-electron chi connectivity index (χ0n) is 11.4. The maximum absolute atomic E-state index is 11.5. The van der Waals surface area contributed by atoms with Gasteiger partial charge in [-0.1, -0.05) is 13.8 Å². The molecule has 0 saturated heterocycles. The molecule has 16 heavy (non-hydrogen) atoms. The van der Waals surface area contributed by atoms with Gasteiger partial charge in [-0.15, -0.1) is 0 Å². The van der Waals surface area contributed by atoms with E-state index in [9.17, 15) is 4.79 Å². The Morgan fingerprint density at radius 1 is 1.31 bits per heavy atom. The molecule has 0 heterocycles. The van der Waals surface area contributed by atoms with Crippen molar-refractivity contribution in [1.82, 2.24) is 10.2 Å². The first-order valence-corrected chi connectivity index (χ1v) is 5.95. The minimum Gasteiger partial charge on any atom is -0.465 e. The van der Waals surface area contributed by atoms with Gasteiger partial charge in [0.25, 0.3) is 0 Å². The SMILES string of the molecule is CCOC(=O)C(C)NC(CN(C)C)C(C)C. The van der Waals surface area contributed by atoms with Gasteiger partial charge in [-0.25, -0.2) is 0 Å². The number of carbonyl (C=O) groups is 1. The molecule has 0 radical (unpaired) electrons. The summed E-state index contributed by atoms with van der Waals surface area (Å²) in [5, 5.41) is 3.32. The molecule has 2 unspecified atom stereocenters. The lowest BCUT2D eigenvalue weighted by molar-refractivity contribution is -0.145. The van der Waals surface area contributed by atoms with Gasteiger partial charge in [-0.05, 0) is 33.9 Å². The summed E-state index contributed by atoms with van der Waals surface area (Å²) in [7, 11) is 4.07. The van der Waals surface area contributed by atoms with Crippen LogP contribution < -0.4 is 5.32 Å². The zero-order valence-corrected chi connectivity index (χ0v) is 11.4. The van der Waals surface area contributed by atoms with E-state index in [0.717, 1.165) is 6.54 Å². The van der Waals surface area contributed by atoms with E-state index in [0.29, 0.717) is 18.6 Å². The van der Waals surface area contributed by atoms with Crippen molar-refractivity contribution < 1.29 is 9.53 Å². The number of rotatable bonds is 7. The van der Waals surface area contributed by atoms with Crippen LogP contribution in [0.25, 0.3) is 0 Å². The second-order valence-corrected chi connectivity index (χ2v) is 4.75. The van der Waals surface area contributed by atoms with Crippen LogP contribution >= 0.6 is 0 Å². The number of nitrogens with zero attached hydrogens (tertiary/aromatic N) is 1. The first-order chi connectivity index (χ1) is 7.38. The molecule has 0 spiro atoms. The molecule has 0 aromatic heterocycles. The Bertz CT molecular complexity index is 205. The van der Waals surface area contributed by atoms with Crippen molar-refractivity contribution in [2.75, 3.05) is 27.2 Å². The van der Waals surface area contributed by atoms with Crippen LogP contribution in [0.15, 0.2) is 0 Å². The van der Waals surface area contributed by atoms with Gasteiger partial charge in [-0.3, -0.25) is 4.79 Å². The van der Waals surface area contributed by atoms with Gasteiger partial charge >= 0.3 is 5.97 Å². The van der Waals surface area contributed by atoms with E-state index in [1.807, 2.05) is 27.9 Å². The first-order valence-electron chi connectivity index (χ1n) is 5.95. The van der Waals surface area contributed by atoms with Crippen molar-refractivity contribution >= 4 is 5.97 Å². The van der Waals surface area contributed by atoms with E-state index in [1.54, 1.807) is 0 Å². The van der Waals surface area contributed by atoms with Gasteiger partial charge in [0, 0.05) is 12.6 Å². The zero-order chi connectivity index (χ0) is 12.7. The number of nitrogens with one attached hydrogen (secondary N) is 1. The van der Waals surface area contributed by atoms with Crippen LogP contribution in [0.2, 0.25) is 0 Å². The molecule has 2 atom stereocenters. The minimum absolute atomic E-state index is 0.174. The molecule has 0 aliphatic carbocycles. The summed E-state index contributed by atoms with van der Waals surface area (Å²) in [6.45, 7) is 9.33. The van der Waals surface area contributed by atoms with Crippen LogP contribution in [-0.4, -0.2) is 50.2 Å². The van der Waals surface area contributed by atoms with Gasteiger partial charge in [-0.2, -0.15) is 0 Å². The molecule has 4 heteroatoms. The largest absolute Gasteiger partial charge is 0.465 e. The predicted molar refractivity (Wildman–Crippen MR) is 66.4 cm³/mol. The Hall–Kier alpha value is -0.610. The van der Waals surface area contributed by atoms with Crippen LogP contribution in [0.3, 0.4) is 0 Å². The Labute approximate surface area is 99.3 Å². The molecule has 96 valence electrons. The number of esters is 1. The molecule has 0 aromatic rings. The Morgan fingerprint density at radius 2 is 1.88 bits per heavy atom. The summed E-state index contributed by atoms with van der Waals surface area (Å²) in [6.07, 6.45) is 0. The number of hydrogen-bond donors (Lipinski definition) is 1. The summed E-state index contributed by atoms with van der Waals surface area (Å²) >= 11 is 0. The van der Waals surface area contributed by atoms with Crippen molar-refractivity contribution in [3.05, 3.63) is 0 Å². The van der Waals surface area contributed by atoms with Gasteiger partial charge in [0.05, 0.1) is 6.61 Å².